The predicted molar refractivity (Wildman–Crippen MR) is 107 cm³/mol. The van der Waals surface area contributed by atoms with Crippen molar-refractivity contribution in [1.82, 2.24) is 9.78 Å². The number of aromatic nitrogens is 2. The van der Waals surface area contributed by atoms with Crippen LogP contribution in [0.2, 0.25) is 0 Å². The Hall–Kier alpha value is -3.28. The summed E-state index contributed by atoms with van der Waals surface area (Å²) in [6.07, 6.45) is 1.75. The Bertz CT molecular complexity index is 978. The van der Waals surface area contributed by atoms with Gasteiger partial charge in [-0.1, -0.05) is 31.5 Å². The van der Waals surface area contributed by atoms with Crippen molar-refractivity contribution in [2.24, 2.45) is 0 Å². The summed E-state index contributed by atoms with van der Waals surface area (Å²) in [5.74, 6) is 0.849. The summed E-state index contributed by atoms with van der Waals surface area (Å²) in [6, 6.07) is 14.6. The minimum Gasteiger partial charge on any atom is -0.497 e. The fourth-order valence-corrected chi connectivity index (χ4v) is 2.95. The van der Waals surface area contributed by atoms with Crippen LogP contribution >= 0.6 is 0 Å². The average molecular weight is 380 g/mol. The average Bonchev–Trinajstić information content (AvgIpc) is 3.09. The van der Waals surface area contributed by atoms with E-state index < -0.39 is 5.97 Å². The van der Waals surface area contributed by atoms with Crippen LogP contribution in [0.4, 0.5) is 0 Å². The number of hydrogen-bond acceptors (Lipinski definition) is 5. The van der Waals surface area contributed by atoms with Crippen LogP contribution in [0.1, 0.15) is 35.0 Å². The van der Waals surface area contributed by atoms with E-state index in [0.717, 1.165) is 29.8 Å². The smallest absolute Gasteiger partial charge is 0.348 e. The lowest BCUT2D eigenvalue weighted by molar-refractivity contribution is 0.0719. The summed E-state index contributed by atoms with van der Waals surface area (Å²) in [4.78, 5) is 12.8. The molecule has 0 unspecified atom stereocenters. The van der Waals surface area contributed by atoms with Crippen molar-refractivity contribution >= 4 is 5.97 Å². The molecule has 0 saturated heterocycles. The van der Waals surface area contributed by atoms with Crippen molar-refractivity contribution in [2.75, 3.05) is 14.2 Å². The molecule has 0 fully saturated rings. The van der Waals surface area contributed by atoms with Gasteiger partial charge >= 0.3 is 5.97 Å². The zero-order valence-electron chi connectivity index (χ0n) is 16.6. The van der Waals surface area contributed by atoms with Gasteiger partial charge in [0.25, 0.3) is 0 Å². The third kappa shape index (κ3) is 4.01. The first-order valence-corrected chi connectivity index (χ1v) is 9.16. The topological polar surface area (TPSA) is 62.6 Å². The van der Waals surface area contributed by atoms with E-state index in [1.54, 1.807) is 30.0 Å². The Morgan fingerprint density at radius 3 is 2.54 bits per heavy atom. The number of carbonyl (C=O) groups is 1. The Labute approximate surface area is 164 Å². The quantitative estimate of drug-likeness (QED) is 0.570. The van der Waals surface area contributed by atoms with E-state index in [2.05, 4.69) is 12.0 Å². The van der Waals surface area contributed by atoms with Crippen molar-refractivity contribution in [2.45, 2.75) is 26.7 Å². The van der Waals surface area contributed by atoms with Gasteiger partial charge in [-0.15, -0.1) is 0 Å². The Morgan fingerprint density at radius 1 is 1.07 bits per heavy atom. The molecule has 28 heavy (non-hydrogen) atoms. The van der Waals surface area contributed by atoms with Crippen LogP contribution in [0.15, 0.2) is 48.5 Å². The monoisotopic (exact) mass is 380 g/mol. The molecule has 0 aliphatic carbocycles. The van der Waals surface area contributed by atoms with Crippen molar-refractivity contribution < 1.29 is 19.0 Å². The fourth-order valence-electron chi connectivity index (χ4n) is 2.95. The van der Waals surface area contributed by atoms with Crippen LogP contribution in [-0.2, 0) is 6.42 Å². The standard InChI is InChI=1S/C22H24N2O4/c1-5-8-16-13-21(24(23-16)19-10-7-6-9-15(19)2)28-22(25)18-12-11-17(26-3)14-20(18)27-4/h6-7,9-14H,5,8H2,1-4H3. The minimum atomic E-state index is -0.516. The van der Waals surface area contributed by atoms with E-state index in [9.17, 15) is 4.79 Å². The first kappa shape index (κ1) is 19.5. The second-order valence-corrected chi connectivity index (χ2v) is 6.38. The SMILES string of the molecule is CCCc1cc(OC(=O)c2ccc(OC)cc2OC)n(-c2ccccc2C)n1. The fraction of sp³-hybridized carbons (Fsp3) is 0.273. The Kier molecular flexibility index (Phi) is 5.99. The van der Waals surface area contributed by atoms with Crippen molar-refractivity contribution in [3.8, 4) is 23.1 Å². The molecule has 146 valence electrons. The van der Waals surface area contributed by atoms with Gasteiger partial charge in [0.1, 0.15) is 17.1 Å². The van der Waals surface area contributed by atoms with E-state index in [4.69, 9.17) is 14.2 Å². The molecule has 6 nitrogen and oxygen atoms in total. The van der Waals surface area contributed by atoms with Gasteiger partial charge in [0.05, 0.1) is 25.6 Å². The highest BCUT2D eigenvalue weighted by Gasteiger charge is 2.20. The van der Waals surface area contributed by atoms with E-state index in [1.807, 2.05) is 37.3 Å². The summed E-state index contributed by atoms with van der Waals surface area (Å²) >= 11 is 0. The highest BCUT2D eigenvalue weighted by molar-refractivity contribution is 5.94. The van der Waals surface area contributed by atoms with E-state index in [-0.39, 0.29) is 0 Å². The summed E-state index contributed by atoms with van der Waals surface area (Å²) < 4.78 is 17.9. The maximum atomic E-state index is 12.8. The first-order valence-electron chi connectivity index (χ1n) is 9.16. The van der Waals surface area contributed by atoms with Crippen LogP contribution in [0, 0.1) is 6.92 Å². The Balaban J connectivity index is 1.98. The zero-order chi connectivity index (χ0) is 20.1. The van der Waals surface area contributed by atoms with Gasteiger partial charge in [-0.3, -0.25) is 0 Å². The molecule has 0 radical (unpaired) electrons. The molecule has 0 amide bonds. The molecule has 3 rings (SSSR count). The molecular formula is C22H24N2O4. The zero-order valence-corrected chi connectivity index (χ0v) is 16.6. The molecule has 0 aliphatic rings. The normalized spacial score (nSPS) is 10.6. The van der Waals surface area contributed by atoms with E-state index in [0.29, 0.717) is 22.9 Å². The highest BCUT2D eigenvalue weighted by Crippen LogP contribution is 2.28. The van der Waals surface area contributed by atoms with Gasteiger partial charge < -0.3 is 14.2 Å². The lowest BCUT2D eigenvalue weighted by atomic mass is 10.2. The summed E-state index contributed by atoms with van der Waals surface area (Å²) in [5.41, 5.74) is 3.09. The van der Waals surface area contributed by atoms with Gasteiger partial charge in [0, 0.05) is 12.1 Å². The molecule has 2 aromatic carbocycles. The molecule has 3 aromatic rings. The third-order valence-electron chi connectivity index (χ3n) is 4.40. The number of methoxy groups -OCH3 is 2. The van der Waals surface area contributed by atoms with Crippen LogP contribution in [0.3, 0.4) is 0 Å². The third-order valence-corrected chi connectivity index (χ3v) is 4.40. The maximum Gasteiger partial charge on any atom is 0.348 e. The molecule has 1 heterocycles. The highest BCUT2D eigenvalue weighted by atomic mass is 16.5. The number of aryl methyl sites for hydroxylation is 2. The number of para-hydroxylation sites is 1. The molecule has 0 spiro atoms. The number of carbonyl (C=O) groups excluding carboxylic acids is 1. The van der Waals surface area contributed by atoms with Crippen LogP contribution < -0.4 is 14.2 Å². The second-order valence-electron chi connectivity index (χ2n) is 6.38. The molecule has 0 atom stereocenters. The molecule has 0 N–H and O–H groups in total. The van der Waals surface area contributed by atoms with Gasteiger partial charge in [-0.05, 0) is 37.1 Å². The number of hydrogen-bond donors (Lipinski definition) is 0. The number of benzene rings is 2. The Morgan fingerprint density at radius 2 is 1.86 bits per heavy atom. The molecule has 0 saturated carbocycles. The summed E-state index contributed by atoms with van der Waals surface area (Å²) in [6.45, 7) is 4.08. The number of ether oxygens (including phenoxy) is 3. The number of nitrogens with zero attached hydrogens (tertiary/aromatic N) is 2. The summed E-state index contributed by atoms with van der Waals surface area (Å²) in [7, 11) is 3.06. The number of esters is 1. The molecule has 6 heteroatoms. The van der Waals surface area contributed by atoms with Crippen molar-refractivity contribution in [3.05, 3.63) is 65.4 Å². The molecule has 0 bridgehead atoms. The lowest BCUT2D eigenvalue weighted by Crippen LogP contribution is -2.13. The van der Waals surface area contributed by atoms with Gasteiger partial charge in [-0.2, -0.15) is 5.10 Å². The van der Waals surface area contributed by atoms with E-state index >= 15 is 0 Å². The largest absolute Gasteiger partial charge is 0.497 e. The summed E-state index contributed by atoms with van der Waals surface area (Å²) in [5, 5.41) is 4.64. The molecule has 1 aromatic heterocycles. The van der Waals surface area contributed by atoms with E-state index in [1.165, 1.54) is 7.11 Å². The van der Waals surface area contributed by atoms with Crippen LogP contribution in [0.25, 0.3) is 5.69 Å². The van der Waals surface area contributed by atoms with Crippen molar-refractivity contribution in [3.63, 3.8) is 0 Å². The maximum absolute atomic E-state index is 12.8. The van der Waals surface area contributed by atoms with Gasteiger partial charge in [0.15, 0.2) is 0 Å². The molecular weight excluding hydrogens is 356 g/mol. The second kappa shape index (κ2) is 8.61. The van der Waals surface area contributed by atoms with Gasteiger partial charge in [-0.25, -0.2) is 9.48 Å². The van der Waals surface area contributed by atoms with Crippen molar-refractivity contribution in [1.29, 1.82) is 0 Å². The minimum absolute atomic E-state index is 0.317. The number of rotatable bonds is 7. The van der Waals surface area contributed by atoms with Crippen LogP contribution in [-0.4, -0.2) is 30.0 Å². The van der Waals surface area contributed by atoms with Crippen LogP contribution in [0.5, 0.6) is 17.4 Å². The molecule has 0 aliphatic heterocycles. The lowest BCUT2D eigenvalue weighted by Gasteiger charge is -2.12. The predicted octanol–water partition coefficient (Wildman–Crippen LogP) is 4.37. The first-order chi connectivity index (χ1) is 13.6. The van der Waals surface area contributed by atoms with Gasteiger partial charge in [0.2, 0.25) is 5.88 Å².